The van der Waals surface area contributed by atoms with E-state index in [1.807, 2.05) is 25.1 Å². The molecule has 0 bridgehead atoms. The molecular weight excluding hydrogens is 318 g/mol. The Bertz CT molecular complexity index is 697. The van der Waals surface area contributed by atoms with Gasteiger partial charge in [0.05, 0.1) is 13.7 Å². The van der Waals surface area contributed by atoms with Gasteiger partial charge in [-0.2, -0.15) is 0 Å². The maximum atomic E-state index is 12.1. The standard InChI is InChI=1S/C20H25NO4/c1-14-5-6-19(13-15(14)2)24-12-11-21-20(22)16(3)25-18-9-7-17(23-4)8-10-18/h5-10,13,16H,11-12H2,1-4H3,(H,21,22)/t16-/m1/s1. The van der Waals surface area contributed by atoms with Crippen LogP contribution in [0.25, 0.3) is 0 Å². The Morgan fingerprint density at radius 1 is 1.00 bits per heavy atom. The lowest BCUT2D eigenvalue weighted by Crippen LogP contribution is -2.38. The zero-order chi connectivity index (χ0) is 18.2. The molecule has 1 amide bonds. The number of benzene rings is 2. The van der Waals surface area contributed by atoms with Crippen molar-refractivity contribution in [2.75, 3.05) is 20.3 Å². The molecule has 2 aromatic rings. The van der Waals surface area contributed by atoms with Crippen LogP contribution in [-0.4, -0.2) is 32.3 Å². The number of carbonyl (C=O) groups is 1. The average Bonchev–Trinajstić information content (AvgIpc) is 2.62. The fourth-order valence-electron chi connectivity index (χ4n) is 2.20. The fraction of sp³-hybridized carbons (Fsp3) is 0.350. The lowest BCUT2D eigenvalue weighted by molar-refractivity contribution is -0.127. The van der Waals surface area contributed by atoms with Crippen LogP contribution in [0.3, 0.4) is 0 Å². The summed E-state index contributed by atoms with van der Waals surface area (Å²) in [5, 5.41) is 2.81. The summed E-state index contributed by atoms with van der Waals surface area (Å²) in [5.74, 6) is 1.99. The summed E-state index contributed by atoms with van der Waals surface area (Å²) in [6.45, 7) is 6.64. The van der Waals surface area contributed by atoms with Crippen LogP contribution in [0.4, 0.5) is 0 Å². The van der Waals surface area contributed by atoms with E-state index >= 15 is 0 Å². The molecule has 0 unspecified atom stereocenters. The van der Waals surface area contributed by atoms with Crippen LogP contribution in [-0.2, 0) is 4.79 Å². The Labute approximate surface area is 148 Å². The first-order valence-electron chi connectivity index (χ1n) is 8.28. The second-order valence-corrected chi connectivity index (χ2v) is 5.82. The third-order valence-corrected chi connectivity index (χ3v) is 3.89. The van der Waals surface area contributed by atoms with Crippen molar-refractivity contribution in [2.45, 2.75) is 26.9 Å². The molecule has 2 aromatic carbocycles. The molecule has 5 nitrogen and oxygen atoms in total. The molecule has 1 atom stereocenters. The molecule has 134 valence electrons. The van der Waals surface area contributed by atoms with Gasteiger partial charge in [-0.1, -0.05) is 6.07 Å². The van der Waals surface area contributed by atoms with Gasteiger partial charge in [0.2, 0.25) is 0 Å². The summed E-state index contributed by atoms with van der Waals surface area (Å²) in [6.07, 6.45) is -0.588. The molecule has 0 aliphatic carbocycles. The van der Waals surface area contributed by atoms with Crippen molar-refractivity contribution in [1.29, 1.82) is 0 Å². The monoisotopic (exact) mass is 343 g/mol. The molecule has 5 heteroatoms. The normalized spacial score (nSPS) is 11.5. The van der Waals surface area contributed by atoms with E-state index in [9.17, 15) is 4.79 Å². The van der Waals surface area contributed by atoms with Crippen LogP contribution in [0.5, 0.6) is 17.2 Å². The number of carbonyl (C=O) groups excluding carboxylic acids is 1. The van der Waals surface area contributed by atoms with Crippen LogP contribution in [0.2, 0.25) is 0 Å². The highest BCUT2D eigenvalue weighted by Crippen LogP contribution is 2.18. The van der Waals surface area contributed by atoms with Crippen molar-refractivity contribution in [3.05, 3.63) is 53.6 Å². The minimum absolute atomic E-state index is 0.181. The molecule has 0 spiro atoms. The number of rotatable bonds is 8. The largest absolute Gasteiger partial charge is 0.497 e. The van der Waals surface area contributed by atoms with Gasteiger partial charge in [-0.05, 0) is 68.3 Å². The molecule has 2 rings (SSSR count). The number of amides is 1. The third-order valence-electron chi connectivity index (χ3n) is 3.89. The Morgan fingerprint density at radius 3 is 2.28 bits per heavy atom. The smallest absolute Gasteiger partial charge is 0.260 e. The zero-order valence-corrected chi connectivity index (χ0v) is 15.2. The second kappa shape index (κ2) is 8.97. The highest BCUT2D eigenvalue weighted by molar-refractivity contribution is 5.80. The topological polar surface area (TPSA) is 56.8 Å². The number of ether oxygens (including phenoxy) is 3. The number of hydrogen-bond acceptors (Lipinski definition) is 4. The van der Waals surface area contributed by atoms with Crippen molar-refractivity contribution >= 4 is 5.91 Å². The summed E-state index contributed by atoms with van der Waals surface area (Å²) >= 11 is 0. The van der Waals surface area contributed by atoms with Crippen molar-refractivity contribution in [1.82, 2.24) is 5.32 Å². The maximum absolute atomic E-state index is 12.1. The van der Waals surface area contributed by atoms with E-state index in [4.69, 9.17) is 14.2 Å². The SMILES string of the molecule is COc1ccc(O[C@H](C)C(=O)NCCOc2ccc(C)c(C)c2)cc1. The second-order valence-electron chi connectivity index (χ2n) is 5.82. The Morgan fingerprint density at radius 2 is 1.64 bits per heavy atom. The summed E-state index contributed by atoms with van der Waals surface area (Å²) in [7, 11) is 1.60. The van der Waals surface area contributed by atoms with Gasteiger partial charge in [0.25, 0.3) is 5.91 Å². The van der Waals surface area contributed by atoms with Crippen molar-refractivity contribution in [3.63, 3.8) is 0 Å². The lowest BCUT2D eigenvalue weighted by atomic mass is 10.1. The quantitative estimate of drug-likeness (QED) is 0.748. The lowest BCUT2D eigenvalue weighted by Gasteiger charge is -2.15. The van der Waals surface area contributed by atoms with E-state index in [1.54, 1.807) is 38.3 Å². The van der Waals surface area contributed by atoms with Crippen molar-refractivity contribution in [3.8, 4) is 17.2 Å². The molecule has 0 heterocycles. The van der Waals surface area contributed by atoms with Gasteiger partial charge in [0.1, 0.15) is 23.9 Å². The minimum atomic E-state index is -0.588. The summed E-state index contributed by atoms with van der Waals surface area (Å²) in [5.41, 5.74) is 2.41. The van der Waals surface area contributed by atoms with Gasteiger partial charge >= 0.3 is 0 Å². The predicted molar refractivity (Wildman–Crippen MR) is 97.5 cm³/mol. The number of methoxy groups -OCH3 is 1. The highest BCUT2D eigenvalue weighted by atomic mass is 16.5. The molecule has 0 aliphatic rings. The fourth-order valence-corrected chi connectivity index (χ4v) is 2.20. The molecular formula is C20H25NO4. The van der Waals surface area contributed by atoms with Gasteiger partial charge in [0.15, 0.2) is 6.10 Å². The number of aryl methyl sites for hydroxylation is 2. The van der Waals surface area contributed by atoms with E-state index in [-0.39, 0.29) is 5.91 Å². The molecule has 0 saturated carbocycles. The van der Waals surface area contributed by atoms with Gasteiger partial charge in [-0.25, -0.2) is 0 Å². The van der Waals surface area contributed by atoms with Crippen molar-refractivity contribution in [2.24, 2.45) is 0 Å². The first-order chi connectivity index (χ1) is 12.0. The summed E-state index contributed by atoms with van der Waals surface area (Å²) < 4.78 is 16.3. The van der Waals surface area contributed by atoms with Gasteiger partial charge in [-0.3, -0.25) is 4.79 Å². The molecule has 0 fully saturated rings. The zero-order valence-electron chi connectivity index (χ0n) is 15.2. The Kier molecular flexibility index (Phi) is 6.69. The van der Waals surface area contributed by atoms with Crippen LogP contribution in [0, 0.1) is 13.8 Å². The number of hydrogen-bond donors (Lipinski definition) is 1. The van der Waals surface area contributed by atoms with Crippen LogP contribution < -0.4 is 19.5 Å². The van der Waals surface area contributed by atoms with Crippen LogP contribution in [0.15, 0.2) is 42.5 Å². The predicted octanol–water partition coefficient (Wildman–Crippen LogP) is 3.27. The van der Waals surface area contributed by atoms with Crippen LogP contribution in [0.1, 0.15) is 18.1 Å². The van der Waals surface area contributed by atoms with E-state index in [1.165, 1.54) is 11.1 Å². The van der Waals surface area contributed by atoms with E-state index in [2.05, 4.69) is 12.2 Å². The van der Waals surface area contributed by atoms with E-state index < -0.39 is 6.10 Å². The Hall–Kier alpha value is -2.69. The molecule has 0 saturated heterocycles. The van der Waals surface area contributed by atoms with Gasteiger partial charge < -0.3 is 19.5 Å². The number of nitrogens with one attached hydrogen (secondary N) is 1. The average molecular weight is 343 g/mol. The first kappa shape index (κ1) is 18.6. The first-order valence-corrected chi connectivity index (χ1v) is 8.28. The third kappa shape index (κ3) is 5.71. The van der Waals surface area contributed by atoms with Crippen molar-refractivity contribution < 1.29 is 19.0 Å². The highest BCUT2D eigenvalue weighted by Gasteiger charge is 2.14. The van der Waals surface area contributed by atoms with E-state index in [0.29, 0.717) is 18.9 Å². The van der Waals surface area contributed by atoms with Gasteiger partial charge in [-0.15, -0.1) is 0 Å². The molecule has 0 aromatic heterocycles. The van der Waals surface area contributed by atoms with Gasteiger partial charge in [0, 0.05) is 0 Å². The molecule has 0 aliphatic heterocycles. The summed E-state index contributed by atoms with van der Waals surface area (Å²) in [6, 6.07) is 13.1. The maximum Gasteiger partial charge on any atom is 0.260 e. The molecule has 25 heavy (non-hydrogen) atoms. The van der Waals surface area contributed by atoms with Crippen LogP contribution >= 0.6 is 0 Å². The minimum Gasteiger partial charge on any atom is -0.497 e. The van der Waals surface area contributed by atoms with E-state index in [0.717, 1.165) is 11.5 Å². The molecule has 0 radical (unpaired) electrons. The summed E-state index contributed by atoms with van der Waals surface area (Å²) in [4.78, 5) is 12.1. The molecule has 1 N–H and O–H groups in total. The Balaban J connectivity index is 1.72.